The van der Waals surface area contributed by atoms with Gasteiger partial charge in [-0.3, -0.25) is 0 Å². The molecule has 2 aromatic carbocycles. The van der Waals surface area contributed by atoms with E-state index in [1.165, 1.54) is 97.3 Å². The Morgan fingerprint density at radius 2 is 1.32 bits per heavy atom. The van der Waals surface area contributed by atoms with Gasteiger partial charge in [-0.15, -0.1) is 0 Å². The lowest BCUT2D eigenvalue weighted by Gasteiger charge is -2.40. The molecule has 0 aliphatic heterocycles. The van der Waals surface area contributed by atoms with Crippen molar-refractivity contribution in [3.8, 4) is 22.6 Å². The van der Waals surface area contributed by atoms with Crippen molar-refractivity contribution >= 4 is 13.2 Å². The van der Waals surface area contributed by atoms with Gasteiger partial charge in [0, 0.05) is 10.9 Å². The molecule has 0 heterocycles. The van der Waals surface area contributed by atoms with E-state index >= 15 is 0 Å². The number of methoxy groups -OCH3 is 2. The molecule has 2 nitrogen and oxygen atoms in total. The van der Waals surface area contributed by atoms with Crippen LogP contribution in [0.2, 0.25) is 0 Å². The van der Waals surface area contributed by atoms with E-state index in [0.29, 0.717) is 0 Å². The maximum Gasteiger partial charge on any atom is 0.127 e. The standard InChI is InChI=1S/C31H45O2P/c1-6-13-24-21-22(2)20-23(3)29(24)30-27(32-4)18-19-28(33-5)31(30)34(25-14-9-7-10-15-25)26-16-11-8-12-17-26/h18-21,25-26H,6-17H2,1-5H3. The van der Waals surface area contributed by atoms with Crippen LogP contribution in [0, 0.1) is 13.8 Å². The average Bonchev–Trinajstić information content (AvgIpc) is 2.85. The van der Waals surface area contributed by atoms with Gasteiger partial charge in [-0.1, -0.05) is 77.5 Å². The quantitative estimate of drug-likeness (QED) is 0.352. The number of ether oxygens (including phenoxy) is 2. The molecule has 2 aromatic rings. The second-order valence-corrected chi connectivity index (χ2v) is 13.3. The summed E-state index contributed by atoms with van der Waals surface area (Å²) in [5, 5.41) is 1.51. The van der Waals surface area contributed by atoms with E-state index in [4.69, 9.17) is 9.47 Å². The lowest BCUT2D eigenvalue weighted by atomic mass is 9.90. The molecule has 34 heavy (non-hydrogen) atoms. The monoisotopic (exact) mass is 480 g/mol. The van der Waals surface area contributed by atoms with E-state index in [9.17, 15) is 0 Å². The first-order valence-electron chi connectivity index (χ1n) is 13.7. The predicted octanol–water partition coefficient (Wildman–Crippen LogP) is 8.71. The first kappa shape index (κ1) is 25.6. The maximum atomic E-state index is 6.19. The zero-order valence-electron chi connectivity index (χ0n) is 22.2. The SMILES string of the molecule is CCCc1cc(C)cc(C)c1-c1c(OC)ccc(OC)c1P(C1CCCCC1)C1CCCCC1. The van der Waals surface area contributed by atoms with Crippen molar-refractivity contribution in [2.45, 2.75) is 109 Å². The van der Waals surface area contributed by atoms with Crippen LogP contribution in [0.5, 0.6) is 11.5 Å². The van der Waals surface area contributed by atoms with Crippen LogP contribution in [0.3, 0.4) is 0 Å². The third-order valence-electron chi connectivity index (χ3n) is 8.07. The van der Waals surface area contributed by atoms with E-state index < -0.39 is 0 Å². The third-order valence-corrected chi connectivity index (χ3v) is 11.6. The molecule has 0 unspecified atom stereocenters. The van der Waals surface area contributed by atoms with E-state index in [1.54, 1.807) is 0 Å². The molecular formula is C31H45O2P. The van der Waals surface area contributed by atoms with Crippen molar-refractivity contribution in [3.05, 3.63) is 41.0 Å². The van der Waals surface area contributed by atoms with Gasteiger partial charge in [0.1, 0.15) is 11.5 Å². The Morgan fingerprint density at radius 1 is 0.765 bits per heavy atom. The normalized spacial score (nSPS) is 17.8. The Labute approximate surface area is 209 Å². The van der Waals surface area contributed by atoms with Gasteiger partial charge in [0.2, 0.25) is 0 Å². The van der Waals surface area contributed by atoms with Crippen molar-refractivity contribution < 1.29 is 9.47 Å². The lowest BCUT2D eigenvalue weighted by Crippen LogP contribution is -2.28. The topological polar surface area (TPSA) is 18.5 Å². The average molecular weight is 481 g/mol. The molecule has 3 heteroatoms. The van der Waals surface area contributed by atoms with Gasteiger partial charge in [-0.05, 0) is 86.1 Å². The molecule has 186 valence electrons. The van der Waals surface area contributed by atoms with Crippen molar-refractivity contribution in [3.63, 3.8) is 0 Å². The van der Waals surface area contributed by atoms with Crippen LogP contribution < -0.4 is 14.8 Å². The van der Waals surface area contributed by atoms with E-state index in [0.717, 1.165) is 35.7 Å². The summed E-state index contributed by atoms with van der Waals surface area (Å²) in [5.41, 5.74) is 8.59. The molecule has 2 fully saturated rings. The number of aryl methyl sites for hydroxylation is 3. The second kappa shape index (κ2) is 11.9. The number of rotatable bonds is 8. The van der Waals surface area contributed by atoms with Crippen molar-refractivity contribution in [2.24, 2.45) is 0 Å². The predicted molar refractivity (Wildman–Crippen MR) is 149 cm³/mol. The van der Waals surface area contributed by atoms with Gasteiger partial charge in [-0.25, -0.2) is 0 Å². The summed E-state index contributed by atoms with van der Waals surface area (Å²) in [6.07, 6.45) is 16.2. The van der Waals surface area contributed by atoms with Crippen LogP contribution in [-0.2, 0) is 6.42 Å². The van der Waals surface area contributed by atoms with Crippen molar-refractivity contribution in [1.82, 2.24) is 0 Å². The van der Waals surface area contributed by atoms with Gasteiger partial charge in [0.15, 0.2) is 0 Å². The Kier molecular flexibility index (Phi) is 8.97. The Balaban J connectivity index is 2.00. The molecule has 2 aliphatic carbocycles. The molecule has 0 N–H and O–H groups in total. The van der Waals surface area contributed by atoms with Gasteiger partial charge >= 0.3 is 0 Å². The molecule has 2 aliphatic rings. The fraction of sp³-hybridized carbons (Fsp3) is 0.613. The van der Waals surface area contributed by atoms with Crippen LogP contribution >= 0.6 is 7.92 Å². The molecule has 0 radical (unpaired) electrons. The molecule has 4 rings (SSSR count). The summed E-state index contributed by atoms with van der Waals surface area (Å²) >= 11 is 0. The van der Waals surface area contributed by atoms with Crippen molar-refractivity contribution in [1.29, 1.82) is 0 Å². The number of hydrogen-bond acceptors (Lipinski definition) is 2. The molecule has 0 amide bonds. The number of benzene rings is 2. The summed E-state index contributed by atoms with van der Waals surface area (Å²) in [7, 11) is 3.39. The molecule has 0 bridgehead atoms. The zero-order chi connectivity index (χ0) is 24.1. The Hall–Kier alpha value is -1.53. The summed E-state index contributed by atoms with van der Waals surface area (Å²) in [6.45, 7) is 6.83. The van der Waals surface area contributed by atoms with Crippen LogP contribution in [0.4, 0.5) is 0 Å². The summed E-state index contributed by atoms with van der Waals surface area (Å²) in [6, 6.07) is 9.13. The van der Waals surface area contributed by atoms with Crippen LogP contribution in [0.25, 0.3) is 11.1 Å². The molecule has 0 saturated heterocycles. The zero-order valence-corrected chi connectivity index (χ0v) is 23.1. The molecule has 0 spiro atoms. The lowest BCUT2D eigenvalue weighted by molar-refractivity contribution is 0.407. The van der Waals surface area contributed by atoms with Crippen molar-refractivity contribution in [2.75, 3.05) is 14.2 Å². The molecule has 0 atom stereocenters. The van der Waals surface area contributed by atoms with E-state index in [2.05, 4.69) is 45.0 Å². The minimum absolute atomic E-state index is 0.332. The highest BCUT2D eigenvalue weighted by atomic mass is 31.1. The minimum Gasteiger partial charge on any atom is -0.496 e. The van der Waals surface area contributed by atoms with Gasteiger partial charge in [-0.2, -0.15) is 0 Å². The van der Waals surface area contributed by atoms with Gasteiger partial charge in [0.05, 0.1) is 14.2 Å². The highest BCUT2D eigenvalue weighted by Gasteiger charge is 2.37. The highest BCUT2D eigenvalue weighted by molar-refractivity contribution is 7.67. The molecule has 0 aromatic heterocycles. The smallest absolute Gasteiger partial charge is 0.127 e. The molecular weight excluding hydrogens is 435 g/mol. The van der Waals surface area contributed by atoms with Gasteiger partial charge in [0.25, 0.3) is 0 Å². The minimum atomic E-state index is -0.332. The first-order valence-corrected chi connectivity index (χ1v) is 15.2. The number of hydrogen-bond donors (Lipinski definition) is 0. The fourth-order valence-electron chi connectivity index (χ4n) is 6.65. The second-order valence-electron chi connectivity index (χ2n) is 10.6. The highest BCUT2D eigenvalue weighted by Crippen LogP contribution is 2.59. The fourth-order valence-corrected chi connectivity index (χ4v) is 10.7. The van der Waals surface area contributed by atoms with Crippen LogP contribution in [0.15, 0.2) is 24.3 Å². The summed E-state index contributed by atoms with van der Waals surface area (Å²) < 4.78 is 12.3. The summed E-state index contributed by atoms with van der Waals surface area (Å²) in [5.74, 6) is 2.12. The van der Waals surface area contributed by atoms with E-state index in [-0.39, 0.29) is 7.92 Å². The van der Waals surface area contributed by atoms with Gasteiger partial charge < -0.3 is 9.47 Å². The maximum absolute atomic E-state index is 6.19. The Morgan fingerprint density at radius 3 is 1.85 bits per heavy atom. The third kappa shape index (κ3) is 5.33. The largest absolute Gasteiger partial charge is 0.496 e. The molecule has 2 saturated carbocycles. The summed E-state index contributed by atoms with van der Waals surface area (Å²) in [4.78, 5) is 0. The van der Waals surface area contributed by atoms with Crippen LogP contribution in [-0.4, -0.2) is 25.5 Å². The Bertz CT molecular complexity index is 936. The van der Waals surface area contributed by atoms with E-state index in [1.807, 2.05) is 14.2 Å². The first-order chi connectivity index (χ1) is 16.6. The van der Waals surface area contributed by atoms with Crippen LogP contribution in [0.1, 0.15) is 94.2 Å².